The molecule has 1 aromatic carbocycles. The summed E-state index contributed by atoms with van der Waals surface area (Å²) in [6.45, 7) is 5.84. The Balaban J connectivity index is 1.98. The Bertz CT molecular complexity index is 427. The van der Waals surface area contributed by atoms with E-state index in [1.165, 1.54) is 0 Å². The predicted molar refractivity (Wildman–Crippen MR) is 72.0 cm³/mol. The molecule has 1 amide bonds. The van der Waals surface area contributed by atoms with Gasteiger partial charge >= 0.3 is 0 Å². The molecule has 0 spiro atoms. The van der Waals surface area contributed by atoms with Gasteiger partial charge in [0.05, 0.1) is 6.61 Å². The normalized spacial score (nSPS) is 13.9. The number of benzene rings is 1. The Morgan fingerprint density at radius 3 is 3.06 bits per heavy atom. The van der Waals surface area contributed by atoms with Gasteiger partial charge in [0.25, 0.3) is 5.91 Å². The van der Waals surface area contributed by atoms with E-state index in [4.69, 9.17) is 4.74 Å². The Hall–Kier alpha value is -1.51. The number of rotatable bonds is 4. The highest BCUT2D eigenvalue weighted by atomic mass is 16.5. The van der Waals surface area contributed by atoms with E-state index >= 15 is 0 Å². The summed E-state index contributed by atoms with van der Waals surface area (Å²) in [5, 5.41) is 2.96. The molecule has 0 saturated carbocycles. The highest BCUT2D eigenvalue weighted by Gasteiger charge is 2.13. The molecule has 1 aliphatic heterocycles. The van der Waals surface area contributed by atoms with Crippen LogP contribution in [-0.2, 0) is 6.42 Å². The lowest BCUT2D eigenvalue weighted by Crippen LogP contribution is -2.25. The van der Waals surface area contributed by atoms with Crippen LogP contribution < -0.4 is 10.1 Å². The standard InChI is InChI=1S/C15H21NO2/c1-11(2)7-8-16-15(17)13-5-6-14-12(10-13)4-3-9-18-14/h5-6,10-11H,3-4,7-9H2,1-2H3,(H,16,17). The Morgan fingerprint density at radius 2 is 2.28 bits per heavy atom. The van der Waals surface area contributed by atoms with E-state index in [2.05, 4.69) is 19.2 Å². The molecule has 0 saturated heterocycles. The first-order valence-electron chi connectivity index (χ1n) is 6.71. The summed E-state index contributed by atoms with van der Waals surface area (Å²) in [5.74, 6) is 1.56. The Morgan fingerprint density at radius 1 is 1.44 bits per heavy atom. The zero-order valence-electron chi connectivity index (χ0n) is 11.2. The molecule has 0 bridgehead atoms. The van der Waals surface area contributed by atoms with E-state index in [1.54, 1.807) is 0 Å². The van der Waals surface area contributed by atoms with Crippen LogP contribution in [0.3, 0.4) is 0 Å². The smallest absolute Gasteiger partial charge is 0.251 e. The summed E-state index contributed by atoms with van der Waals surface area (Å²) in [6, 6.07) is 5.71. The van der Waals surface area contributed by atoms with Crippen LogP contribution in [-0.4, -0.2) is 19.1 Å². The van der Waals surface area contributed by atoms with Gasteiger partial charge in [-0.15, -0.1) is 0 Å². The largest absolute Gasteiger partial charge is 0.493 e. The summed E-state index contributed by atoms with van der Waals surface area (Å²) < 4.78 is 5.54. The van der Waals surface area contributed by atoms with Gasteiger partial charge in [-0.05, 0) is 48.9 Å². The Kier molecular flexibility index (Phi) is 4.24. The lowest BCUT2D eigenvalue weighted by Gasteiger charge is -2.17. The maximum absolute atomic E-state index is 12.0. The van der Waals surface area contributed by atoms with Crippen LogP contribution in [0, 0.1) is 5.92 Å². The monoisotopic (exact) mass is 247 g/mol. The SMILES string of the molecule is CC(C)CCNC(=O)c1ccc2c(c1)CCCO2. The first-order valence-corrected chi connectivity index (χ1v) is 6.71. The van der Waals surface area contributed by atoms with Crippen LogP contribution >= 0.6 is 0 Å². The summed E-state index contributed by atoms with van der Waals surface area (Å²) >= 11 is 0. The van der Waals surface area contributed by atoms with E-state index in [1.807, 2.05) is 18.2 Å². The highest BCUT2D eigenvalue weighted by molar-refractivity contribution is 5.94. The van der Waals surface area contributed by atoms with Crippen LogP contribution in [0.15, 0.2) is 18.2 Å². The van der Waals surface area contributed by atoms with Gasteiger partial charge in [0.2, 0.25) is 0 Å². The molecule has 98 valence electrons. The number of nitrogens with one attached hydrogen (secondary N) is 1. The third-order valence-corrected chi connectivity index (χ3v) is 3.18. The number of fused-ring (bicyclic) bond motifs is 1. The van der Waals surface area contributed by atoms with Crippen LogP contribution in [0.5, 0.6) is 5.75 Å². The Labute approximate surface area is 109 Å². The summed E-state index contributed by atoms with van der Waals surface area (Å²) in [4.78, 5) is 12.0. The van der Waals surface area contributed by atoms with Gasteiger partial charge in [-0.25, -0.2) is 0 Å². The molecule has 0 unspecified atom stereocenters. The molecule has 0 radical (unpaired) electrons. The minimum Gasteiger partial charge on any atom is -0.493 e. The fourth-order valence-electron chi connectivity index (χ4n) is 2.08. The third-order valence-electron chi connectivity index (χ3n) is 3.18. The topological polar surface area (TPSA) is 38.3 Å². The molecule has 2 rings (SSSR count). The van der Waals surface area contributed by atoms with Gasteiger partial charge in [0.15, 0.2) is 0 Å². The minimum atomic E-state index is 0.0176. The minimum absolute atomic E-state index is 0.0176. The van der Waals surface area contributed by atoms with Crippen molar-refractivity contribution in [3.63, 3.8) is 0 Å². The molecule has 0 atom stereocenters. The average Bonchev–Trinajstić information content (AvgIpc) is 2.37. The zero-order valence-corrected chi connectivity index (χ0v) is 11.2. The van der Waals surface area contributed by atoms with Crippen molar-refractivity contribution in [3.05, 3.63) is 29.3 Å². The number of carbonyl (C=O) groups excluding carboxylic acids is 1. The average molecular weight is 247 g/mol. The van der Waals surface area contributed by atoms with E-state index in [0.29, 0.717) is 5.92 Å². The van der Waals surface area contributed by atoms with Gasteiger partial charge in [0.1, 0.15) is 5.75 Å². The molecular formula is C15H21NO2. The first kappa shape index (κ1) is 12.9. The van der Waals surface area contributed by atoms with Gasteiger partial charge in [-0.3, -0.25) is 4.79 Å². The summed E-state index contributed by atoms with van der Waals surface area (Å²) in [7, 11) is 0. The molecule has 1 N–H and O–H groups in total. The van der Waals surface area contributed by atoms with Crippen LogP contribution in [0.4, 0.5) is 0 Å². The van der Waals surface area contributed by atoms with Gasteiger partial charge < -0.3 is 10.1 Å². The second-order valence-electron chi connectivity index (χ2n) is 5.21. The molecular weight excluding hydrogens is 226 g/mol. The van der Waals surface area contributed by atoms with E-state index in [0.717, 1.165) is 49.3 Å². The molecule has 3 heteroatoms. The highest BCUT2D eigenvalue weighted by Crippen LogP contribution is 2.25. The molecule has 3 nitrogen and oxygen atoms in total. The fourth-order valence-corrected chi connectivity index (χ4v) is 2.08. The van der Waals surface area contributed by atoms with Crippen LogP contribution in [0.2, 0.25) is 0 Å². The van der Waals surface area contributed by atoms with Crippen LogP contribution in [0.25, 0.3) is 0 Å². The van der Waals surface area contributed by atoms with Crippen LogP contribution in [0.1, 0.15) is 42.6 Å². The quantitative estimate of drug-likeness (QED) is 0.888. The second kappa shape index (κ2) is 5.89. The molecule has 0 fully saturated rings. The summed E-state index contributed by atoms with van der Waals surface area (Å²) in [5.41, 5.74) is 1.89. The first-order chi connectivity index (χ1) is 8.66. The summed E-state index contributed by atoms with van der Waals surface area (Å²) in [6.07, 6.45) is 3.05. The fraction of sp³-hybridized carbons (Fsp3) is 0.533. The predicted octanol–water partition coefficient (Wildman–Crippen LogP) is 2.79. The van der Waals surface area contributed by atoms with Crippen molar-refractivity contribution in [2.24, 2.45) is 5.92 Å². The van der Waals surface area contributed by atoms with Gasteiger partial charge in [-0.2, -0.15) is 0 Å². The molecule has 1 heterocycles. The molecule has 0 aliphatic carbocycles. The molecule has 1 aromatic rings. The number of hydrogen-bond donors (Lipinski definition) is 1. The number of aryl methyl sites for hydroxylation is 1. The van der Waals surface area contributed by atoms with E-state index in [9.17, 15) is 4.79 Å². The zero-order chi connectivity index (χ0) is 13.0. The molecule has 1 aliphatic rings. The molecule has 18 heavy (non-hydrogen) atoms. The van der Waals surface area contributed by atoms with Crippen molar-refractivity contribution >= 4 is 5.91 Å². The number of ether oxygens (including phenoxy) is 1. The second-order valence-corrected chi connectivity index (χ2v) is 5.21. The van der Waals surface area contributed by atoms with E-state index in [-0.39, 0.29) is 5.91 Å². The third kappa shape index (κ3) is 3.25. The maximum atomic E-state index is 12.0. The van der Waals surface area contributed by atoms with Crippen molar-refractivity contribution in [1.29, 1.82) is 0 Å². The van der Waals surface area contributed by atoms with Crippen molar-refractivity contribution < 1.29 is 9.53 Å². The van der Waals surface area contributed by atoms with Crippen molar-refractivity contribution in [2.75, 3.05) is 13.2 Å². The lowest BCUT2D eigenvalue weighted by molar-refractivity contribution is 0.0952. The number of hydrogen-bond acceptors (Lipinski definition) is 2. The number of amides is 1. The van der Waals surface area contributed by atoms with Crippen molar-refractivity contribution in [3.8, 4) is 5.75 Å². The van der Waals surface area contributed by atoms with Gasteiger partial charge in [0, 0.05) is 12.1 Å². The number of carbonyl (C=O) groups is 1. The molecule has 0 aromatic heterocycles. The van der Waals surface area contributed by atoms with E-state index < -0.39 is 0 Å². The maximum Gasteiger partial charge on any atom is 0.251 e. The lowest BCUT2D eigenvalue weighted by atomic mass is 10.0. The van der Waals surface area contributed by atoms with Crippen molar-refractivity contribution in [1.82, 2.24) is 5.32 Å². The van der Waals surface area contributed by atoms with Gasteiger partial charge in [-0.1, -0.05) is 13.8 Å². The van der Waals surface area contributed by atoms with Crippen molar-refractivity contribution in [2.45, 2.75) is 33.1 Å².